The molecule has 0 saturated heterocycles. The summed E-state index contributed by atoms with van der Waals surface area (Å²) >= 11 is 0. The minimum absolute atomic E-state index is 0.596. The number of hydrogen-bond donors (Lipinski definition) is 0. The molecule has 3 atom stereocenters. The summed E-state index contributed by atoms with van der Waals surface area (Å²) in [5, 5.41) is 0. The van der Waals surface area contributed by atoms with E-state index in [2.05, 4.69) is 34.6 Å². The third-order valence-corrected chi connectivity index (χ3v) is 4.08. The van der Waals surface area contributed by atoms with E-state index in [4.69, 9.17) is 0 Å². The first-order chi connectivity index (χ1) is 5.49. The van der Waals surface area contributed by atoms with Gasteiger partial charge in [0.15, 0.2) is 0 Å². The molecular weight excluding hydrogens is 144 g/mol. The fourth-order valence-electron chi connectivity index (χ4n) is 3.11. The Labute approximate surface area is 77.7 Å². The molecule has 72 valence electrons. The van der Waals surface area contributed by atoms with Crippen LogP contribution in [0.15, 0.2) is 0 Å². The lowest BCUT2D eigenvalue weighted by Gasteiger charge is -2.27. The van der Waals surface area contributed by atoms with Gasteiger partial charge in [-0.1, -0.05) is 47.5 Å². The van der Waals surface area contributed by atoms with Crippen molar-refractivity contribution in [2.75, 3.05) is 0 Å². The van der Waals surface area contributed by atoms with E-state index >= 15 is 0 Å². The van der Waals surface area contributed by atoms with Crippen LogP contribution in [0, 0.1) is 23.2 Å². The highest BCUT2D eigenvalue weighted by atomic mass is 14.5. The van der Waals surface area contributed by atoms with Gasteiger partial charge in [0.05, 0.1) is 0 Å². The minimum Gasteiger partial charge on any atom is -0.0654 e. The summed E-state index contributed by atoms with van der Waals surface area (Å²) in [5.74, 6) is 2.87. The number of rotatable bonds is 2. The summed E-state index contributed by atoms with van der Waals surface area (Å²) < 4.78 is 0. The van der Waals surface area contributed by atoms with Crippen molar-refractivity contribution in [2.24, 2.45) is 23.2 Å². The van der Waals surface area contributed by atoms with E-state index in [-0.39, 0.29) is 0 Å². The highest BCUT2D eigenvalue weighted by Crippen LogP contribution is 2.50. The lowest BCUT2D eigenvalue weighted by atomic mass is 9.79. The third kappa shape index (κ3) is 1.67. The summed E-state index contributed by atoms with van der Waals surface area (Å²) in [5.41, 5.74) is 0.596. The highest BCUT2D eigenvalue weighted by Gasteiger charge is 2.42. The van der Waals surface area contributed by atoms with Crippen LogP contribution in [0.2, 0.25) is 0 Å². The fourth-order valence-corrected chi connectivity index (χ4v) is 3.11. The van der Waals surface area contributed by atoms with Gasteiger partial charge in [-0.2, -0.15) is 0 Å². The molecule has 0 bridgehead atoms. The molecule has 1 fully saturated rings. The Bertz CT molecular complexity index is 146. The quantitative estimate of drug-likeness (QED) is 0.582. The Morgan fingerprint density at radius 3 is 2.17 bits per heavy atom. The molecule has 0 N–H and O–H groups in total. The van der Waals surface area contributed by atoms with Gasteiger partial charge in [0.1, 0.15) is 0 Å². The molecule has 0 heterocycles. The largest absolute Gasteiger partial charge is 0.0654 e. The predicted molar refractivity (Wildman–Crippen MR) is 55.1 cm³/mol. The second kappa shape index (κ2) is 3.40. The Morgan fingerprint density at radius 2 is 1.83 bits per heavy atom. The summed E-state index contributed by atoms with van der Waals surface area (Å²) in [7, 11) is 0. The maximum absolute atomic E-state index is 2.45. The van der Waals surface area contributed by atoms with Crippen LogP contribution in [-0.4, -0.2) is 0 Å². The standard InChI is InChI=1S/C12H24/c1-6-7-11-9(2)8-12(4,5)10(11)3/h9-11H,6-8H2,1-5H3/t9?,10-,11?/m1/s1. The van der Waals surface area contributed by atoms with Gasteiger partial charge >= 0.3 is 0 Å². The molecule has 0 aliphatic heterocycles. The van der Waals surface area contributed by atoms with Crippen molar-refractivity contribution in [3.8, 4) is 0 Å². The van der Waals surface area contributed by atoms with Crippen LogP contribution in [0.1, 0.15) is 53.9 Å². The Kier molecular flexibility index (Phi) is 2.85. The average Bonchev–Trinajstić information content (AvgIpc) is 2.13. The lowest BCUT2D eigenvalue weighted by Crippen LogP contribution is -2.19. The molecule has 0 spiro atoms. The van der Waals surface area contributed by atoms with Crippen molar-refractivity contribution in [2.45, 2.75) is 53.9 Å². The molecule has 0 aromatic rings. The van der Waals surface area contributed by atoms with Crippen LogP contribution in [0.4, 0.5) is 0 Å². The van der Waals surface area contributed by atoms with Gasteiger partial charge in [0.25, 0.3) is 0 Å². The maximum Gasteiger partial charge on any atom is -0.0323 e. The summed E-state index contributed by atoms with van der Waals surface area (Å²) in [6.45, 7) is 12.1. The lowest BCUT2D eigenvalue weighted by molar-refractivity contribution is 0.228. The van der Waals surface area contributed by atoms with Gasteiger partial charge in [-0.05, 0) is 29.6 Å². The number of hydrogen-bond acceptors (Lipinski definition) is 0. The molecule has 0 aromatic carbocycles. The fraction of sp³-hybridized carbons (Fsp3) is 1.00. The first-order valence-electron chi connectivity index (χ1n) is 5.49. The monoisotopic (exact) mass is 168 g/mol. The van der Waals surface area contributed by atoms with E-state index in [0.717, 1.165) is 17.8 Å². The summed E-state index contributed by atoms with van der Waals surface area (Å²) in [6.07, 6.45) is 4.22. The molecule has 0 nitrogen and oxygen atoms in total. The van der Waals surface area contributed by atoms with Crippen LogP contribution < -0.4 is 0 Å². The zero-order valence-electron chi connectivity index (χ0n) is 9.35. The van der Waals surface area contributed by atoms with Crippen LogP contribution in [0.5, 0.6) is 0 Å². The van der Waals surface area contributed by atoms with E-state index < -0.39 is 0 Å². The van der Waals surface area contributed by atoms with Gasteiger partial charge in [0, 0.05) is 0 Å². The van der Waals surface area contributed by atoms with Crippen LogP contribution >= 0.6 is 0 Å². The van der Waals surface area contributed by atoms with E-state index in [9.17, 15) is 0 Å². The summed E-state index contributed by atoms with van der Waals surface area (Å²) in [6, 6.07) is 0. The van der Waals surface area contributed by atoms with E-state index in [1.807, 2.05) is 0 Å². The Morgan fingerprint density at radius 1 is 1.25 bits per heavy atom. The maximum atomic E-state index is 2.45. The van der Waals surface area contributed by atoms with E-state index in [1.54, 1.807) is 0 Å². The van der Waals surface area contributed by atoms with Gasteiger partial charge in [-0.3, -0.25) is 0 Å². The average molecular weight is 168 g/mol. The van der Waals surface area contributed by atoms with Gasteiger partial charge < -0.3 is 0 Å². The van der Waals surface area contributed by atoms with Gasteiger partial charge in [0.2, 0.25) is 0 Å². The second-order valence-electron chi connectivity index (χ2n) is 5.41. The molecule has 1 aliphatic carbocycles. The van der Waals surface area contributed by atoms with Crippen LogP contribution in [-0.2, 0) is 0 Å². The normalized spacial score (nSPS) is 40.2. The third-order valence-electron chi connectivity index (χ3n) is 4.08. The smallest absolute Gasteiger partial charge is 0.0323 e. The molecule has 0 amide bonds. The van der Waals surface area contributed by atoms with Crippen molar-refractivity contribution in [3.05, 3.63) is 0 Å². The molecule has 2 unspecified atom stereocenters. The van der Waals surface area contributed by atoms with Crippen LogP contribution in [0.25, 0.3) is 0 Å². The molecule has 0 heteroatoms. The first-order valence-corrected chi connectivity index (χ1v) is 5.49. The van der Waals surface area contributed by atoms with Crippen molar-refractivity contribution in [1.82, 2.24) is 0 Å². The second-order valence-corrected chi connectivity index (χ2v) is 5.41. The van der Waals surface area contributed by atoms with E-state index in [1.165, 1.54) is 19.3 Å². The summed E-state index contributed by atoms with van der Waals surface area (Å²) in [4.78, 5) is 0. The Balaban J connectivity index is 2.64. The molecule has 12 heavy (non-hydrogen) atoms. The van der Waals surface area contributed by atoms with Crippen molar-refractivity contribution in [3.63, 3.8) is 0 Å². The van der Waals surface area contributed by atoms with Gasteiger partial charge in [-0.25, -0.2) is 0 Å². The van der Waals surface area contributed by atoms with Crippen LogP contribution in [0.3, 0.4) is 0 Å². The molecule has 0 aromatic heterocycles. The zero-order valence-corrected chi connectivity index (χ0v) is 9.35. The highest BCUT2D eigenvalue weighted by molar-refractivity contribution is 4.91. The van der Waals surface area contributed by atoms with Crippen molar-refractivity contribution < 1.29 is 0 Å². The topological polar surface area (TPSA) is 0 Å². The minimum atomic E-state index is 0.596. The zero-order chi connectivity index (χ0) is 9.35. The Hall–Kier alpha value is 0. The van der Waals surface area contributed by atoms with Crippen molar-refractivity contribution >= 4 is 0 Å². The molecule has 1 saturated carbocycles. The van der Waals surface area contributed by atoms with Gasteiger partial charge in [-0.15, -0.1) is 0 Å². The molecular formula is C12H24. The molecule has 1 rings (SSSR count). The van der Waals surface area contributed by atoms with E-state index in [0.29, 0.717) is 5.41 Å². The van der Waals surface area contributed by atoms with Crippen molar-refractivity contribution in [1.29, 1.82) is 0 Å². The predicted octanol–water partition coefficient (Wildman–Crippen LogP) is 4.10. The first kappa shape index (κ1) is 10.1. The SMILES string of the molecule is CCCC1C(C)CC(C)(C)[C@@H]1C. The molecule has 1 aliphatic rings. The molecule has 0 radical (unpaired) electrons.